The van der Waals surface area contributed by atoms with Gasteiger partial charge < -0.3 is 15.2 Å². The lowest BCUT2D eigenvalue weighted by atomic mass is 9.86. The molecule has 0 bridgehead atoms. The quantitative estimate of drug-likeness (QED) is 0.876. The second kappa shape index (κ2) is 7.25. The fourth-order valence-corrected chi connectivity index (χ4v) is 4.65. The predicted octanol–water partition coefficient (Wildman–Crippen LogP) is 2.66. The van der Waals surface area contributed by atoms with E-state index in [4.69, 9.17) is 0 Å². The minimum Gasteiger partial charge on any atom is -0.348 e. The van der Waals surface area contributed by atoms with Crippen molar-refractivity contribution >= 4 is 27.5 Å². The molecule has 2 N–H and O–H groups in total. The Morgan fingerprint density at radius 2 is 2.08 bits per heavy atom. The molecule has 2 aromatic heterocycles. The van der Waals surface area contributed by atoms with E-state index in [1.165, 1.54) is 17.8 Å². The van der Waals surface area contributed by atoms with Gasteiger partial charge in [-0.1, -0.05) is 19.8 Å². The van der Waals surface area contributed by atoms with Crippen LogP contribution in [0.5, 0.6) is 0 Å². The number of nitrogens with one attached hydrogen (secondary N) is 2. The molecule has 7 heteroatoms. The van der Waals surface area contributed by atoms with Gasteiger partial charge in [0.1, 0.15) is 10.7 Å². The van der Waals surface area contributed by atoms with Crippen LogP contribution in [0.3, 0.4) is 0 Å². The number of carbonyl (C=O) groups is 1. The standard InChI is InChI=1S/C18H26N4O2S/c1-10-7-5-6-8-12(10)19-17(24)15-11(2)14-16(23)20-13(9-22(3)4)21-18(14)25-15/h10,12H,5-9H2,1-4H3,(H,19,24)(H,20,21,23). The number of thiophene rings is 1. The maximum atomic E-state index is 12.8. The maximum Gasteiger partial charge on any atom is 0.261 e. The van der Waals surface area contributed by atoms with Crippen molar-refractivity contribution < 1.29 is 4.79 Å². The van der Waals surface area contributed by atoms with E-state index >= 15 is 0 Å². The molecule has 25 heavy (non-hydrogen) atoms. The number of nitrogens with zero attached hydrogens (tertiary/aromatic N) is 2. The Labute approximate surface area is 151 Å². The number of H-pyrrole nitrogens is 1. The van der Waals surface area contributed by atoms with Gasteiger partial charge in [0, 0.05) is 6.04 Å². The van der Waals surface area contributed by atoms with Crippen molar-refractivity contribution in [3.8, 4) is 0 Å². The number of amides is 1. The molecule has 136 valence electrons. The van der Waals surface area contributed by atoms with Crippen LogP contribution in [-0.4, -0.2) is 40.9 Å². The summed E-state index contributed by atoms with van der Waals surface area (Å²) < 4.78 is 0. The van der Waals surface area contributed by atoms with Crippen molar-refractivity contribution in [3.05, 3.63) is 26.6 Å². The Morgan fingerprint density at radius 1 is 1.36 bits per heavy atom. The van der Waals surface area contributed by atoms with Crippen LogP contribution in [0.1, 0.15) is 53.7 Å². The van der Waals surface area contributed by atoms with Crippen molar-refractivity contribution in [2.45, 2.75) is 52.1 Å². The fraction of sp³-hybridized carbons (Fsp3) is 0.611. The first-order valence-electron chi connectivity index (χ1n) is 8.84. The molecule has 1 fully saturated rings. The summed E-state index contributed by atoms with van der Waals surface area (Å²) in [7, 11) is 3.85. The normalized spacial score (nSPS) is 21.0. The van der Waals surface area contributed by atoms with Gasteiger partial charge in [-0.05, 0) is 45.3 Å². The molecule has 6 nitrogen and oxygen atoms in total. The minimum absolute atomic E-state index is 0.0761. The van der Waals surface area contributed by atoms with E-state index in [0.29, 0.717) is 33.4 Å². The van der Waals surface area contributed by atoms with Crippen molar-refractivity contribution in [1.29, 1.82) is 0 Å². The van der Waals surface area contributed by atoms with E-state index in [2.05, 4.69) is 22.2 Å². The highest BCUT2D eigenvalue weighted by atomic mass is 32.1. The van der Waals surface area contributed by atoms with Crippen LogP contribution < -0.4 is 10.9 Å². The van der Waals surface area contributed by atoms with Crippen LogP contribution in [0.25, 0.3) is 10.2 Å². The van der Waals surface area contributed by atoms with Crippen LogP contribution in [0.15, 0.2) is 4.79 Å². The first-order chi connectivity index (χ1) is 11.9. The molecule has 2 unspecified atom stereocenters. The lowest BCUT2D eigenvalue weighted by molar-refractivity contribution is 0.0914. The summed E-state index contributed by atoms with van der Waals surface area (Å²) in [4.78, 5) is 35.8. The van der Waals surface area contributed by atoms with E-state index in [1.807, 2.05) is 25.9 Å². The number of hydrogen-bond acceptors (Lipinski definition) is 5. The van der Waals surface area contributed by atoms with Gasteiger partial charge >= 0.3 is 0 Å². The summed E-state index contributed by atoms with van der Waals surface area (Å²) in [6, 6.07) is 0.224. The second-order valence-electron chi connectivity index (χ2n) is 7.33. The topological polar surface area (TPSA) is 78.1 Å². The molecular formula is C18H26N4O2S. The average Bonchev–Trinajstić information content (AvgIpc) is 2.86. The molecule has 1 amide bonds. The van der Waals surface area contributed by atoms with Gasteiger partial charge in [0.25, 0.3) is 11.5 Å². The van der Waals surface area contributed by atoms with Gasteiger partial charge in [0.2, 0.25) is 0 Å². The number of aromatic nitrogens is 2. The summed E-state index contributed by atoms with van der Waals surface area (Å²) >= 11 is 1.32. The predicted molar refractivity (Wildman–Crippen MR) is 101 cm³/mol. The SMILES string of the molecule is Cc1c(C(=O)NC2CCCCC2C)sc2nc(CN(C)C)[nH]c(=O)c12. The maximum absolute atomic E-state index is 12.8. The highest BCUT2D eigenvalue weighted by molar-refractivity contribution is 7.20. The summed E-state index contributed by atoms with van der Waals surface area (Å²) in [5.74, 6) is 1.05. The van der Waals surface area contributed by atoms with Crippen LogP contribution in [0, 0.1) is 12.8 Å². The van der Waals surface area contributed by atoms with Gasteiger partial charge in [-0.3, -0.25) is 9.59 Å². The van der Waals surface area contributed by atoms with Crippen LogP contribution in [0.4, 0.5) is 0 Å². The Kier molecular flexibility index (Phi) is 5.24. The zero-order chi connectivity index (χ0) is 18.1. The lowest BCUT2D eigenvalue weighted by Crippen LogP contribution is -2.40. The summed E-state index contributed by atoms with van der Waals surface area (Å²) in [6.07, 6.45) is 4.59. The Balaban J connectivity index is 1.91. The third kappa shape index (κ3) is 3.77. The molecule has 0 saturated heterocycles. The van der Waals surface area contributed by atoms with E-state index in [1.54, 1.807) is 0 Å². The molecule has 2 heterocycles. The smallest absolute Gasteiger partial charge is 0.261 e. The highest BCUT2D eigenvalue weighted by Gasteiger charge is 2.26. The number of aromatic amines is 1. The number of fused-ring (bicyclic) bond motifs is 1. The van der Waals surface area contributed by atoms with Gasteiger partial charge in [-0.2, -0.15) is 0 Å². The zero-order valence-corrected chi connectivity index (χ0v) is 16.1. The Hall–Kier alpha value is -1.73. The van der Waals surface area contributed by atoms with Crippen molar-refractivity contribution in [2.24, 2.45) is 5.92 Å². The summed E-state index contributed by atoms with van der Waals surface area (Å²) in [5, 5.41) is 3.71. The number of aryl methyl sites for hydroxylation is 1. The van der Waals surface area contributed by atoms with Crippen molar-refractivity contribution in [1.82, 2.24) is 20.2 Å². The molecule has 0 aromatic carbocycles. The molecule has 0 radical (unpaired) electrons. The van der Waals surface area contributed by atoms with E-state index < -0.39 is 0 Å². The Morgan fingerprint density at radius 3 is 2.76 bits per heavy atom. The molecule has 2 aromatic rings. The minimum atomic E-state index is -0.166. The molecule has 0 aliphatic heterocycles. The first kappa shape index (κ1) is 18.1. The van der Waals surface area contributed by atoms with Crippen LogP contribution in [-0.2, 0) is 6.54 Å². The zero-order valence-electron chi connectivity index (χ0n) is 15.3. The van der Waals surface area contributed by atoms with Crippen LogP contribution in [0.2, 0.25) is 0 Å². The van der Waals surface area contributed by atoms with Crippen molar-refractivity contribution in [3.63, 3.8) is 0 Å². The van der Waals surface area contributed by atoms with Crippen molar-refractivity contribution in [2.75, 3.05) is 14.1 Å². The first-order valence-corrected chi connectivity index (χ1v) is 9.66. The third-order valence-electron chi connectivity index (χ3n) is 4.95. The lowest BCUT2D eigenvalue weighted by Gasteiger charge is -2.29. The van der Waals surface area contributed by atoms with E-state index in [0.717, 1.165) is 24.8 Å². The van der Waals surface area contributed by atoms with E-state index in [9.17, 15) is 9.59 Å². The molecule has 1 aliphatic carbocycles. The molecule has 1 saturated carbocycles. The monoisotopic (exact) mass is 362 g/mol. The molecule has 0 spiro atoms. The highest BCUT2D eigenvalue weighted by Crippen LogP contribution is 2.29. The van der Waals surface area contributed by atoms with Gasteiger partial charge in [0.15, 0.2) is 0 Å². The largest absolute Gasteiger partial charge is 0.348 e. The molecular weight excluding hydrogens is 336 g/mol. The van der Waals surface area contributed by atoms with Crippen LogP contribution >= 0.6 is 11.3 Å². The second-order valence-corrected chi connectivity index (χ2v) is 8.33. The summed E-state index contributed by atoms with van der Waals surface area (Å²) in [5.41, 5.74) is 0.562. The van der Waals surface area contributed by atoms with E-state index in [-0.39, 0.29) is 17.5 Å². The number of carbonyl (C=O) groups excluding carboxylic acids is 1. The third-order valence-corrected chi connectivity index (χ3v) is 6.13. The number of hydrogen-bond donors (Lipinski definition) is 2. The summed E-state index contributed by atoms with van der Waals surface area (Å²) in [6.45, 7) is 4.59. The fourth-order valence-electron chi connectivity index (χ4n) is 3.54. The van der Waals surface area contributed by atoms with Gasteiger partial charge in [-0.15, -0.1) is 11.3 Å². The molecule has 3 rings (SSSR count). The Bertz CT molecular complexity index is 839. The molecule has 1 aliphatic rings. The average molecular weight is 362 g/mol. The molecule has 2 atom stereocenters. The number of rotatable bonds is 4. The van der Waals surface area contributed by atoms with Gasteiger partial charge in [0.05, 0.1) is 16.8 Å². The van der Waals surface area contributed by atoms with Gasteiger partial charge in [-0.25, -0.2) is 4.98 Å².